The maximum absolute atomic E-state index is 14.1. The van der Waals surface area contributed by atoms with Crippen LogP contribution in [-0.4, -0.2) is 47.4 Å². The number of likely N-dealkylation sites (N-methyl/N-ethyl adjacent to an activating group) is 1. The minimum absolute atomic E-state index is 0.241. The smallest absolute Gasteiger partial charge is 0.254 e. The summed E-state index contributed by atoms with van der Waals surface area (Å²) in [6, 6.07) is 9.19. The molecule has 4 rings (SSSR count). The molecular weight excluding hydrogens is 416 g/mol. The third-order valence-electron chi connectivity index (χ3n) is 5.85. The molecule has 1 aromatic carbocycles. The summed E-state index contributed by atoms with van der Waals surface area (Å²) in [5.41, 5.74) is 6.47. The zero-order chi connectivity index (χ0) is 22.7. The molecule has 1 fully saturated rings. The molecule has 10 heteroatoms. The Balaban J connectivity index is 1.61. The number of benzene rings is 1. The Bertz CT molecular complexity index is 1090. The molecule has 0 spiro atoms. The second-order valence-corrected chi connectivity index (χ2v) is 7.89. The first-order chi connectivity index (χ1) is 15.4. The van der Waals surface area contributed by atoms with E-state index in [4.69, 9.17) is 5.73 Å². The summed E-state index contributed by atoms with van der Waals surface area (Å²) in [6.45, 7) is 1.79. The van der Waals surface area contributed by atoms with Crippen molar-refractivity contribution in [1.29, 1.82) is 0 Å². The molecule has 1 aliphatic heterocycles. The van der Waals surface area contributed by atoms with E-state index in [2.05, 4.69) is 20.7 Å². The zero-order valence-electron chi connectivity index (χ0n) is 17.7. The van der Waals surface area contributed by atoms with E-state index in [0.29, 0.717) is 49.7 Å². The molecule has 168 valence electrons. The monoisotopic (exact) mass is 441 g/mol. The molecule has 0 radical (unpaired) electrons. The van der Waals surface area contributed by atoms with Crippen molar-refractivity contribution in [1.82, 2.24) is 20.1 Å². The van der Waals surface area contributed by atoms with E-state index in [9.17, 15) is 13.6 Å². The molecule has 3 aromatic rings. The topological polar surface area (TPSA) is 101 Å². The zero-order valence-corrected chi connectivity index (χ0v) is 17.7. The van der Waals surface area contributed by atoms with Crippen molar-refractivity contribution in [3.63, 3.8) is 0 Å². The van der Waals surface area contributed by atoms with E-state index < -0.39 is 17.4 Å². The van der Waals surface area contributed by atoms with Gasteiger partial charge in [-0.05, 0) is 56.3 Å². The second-order valence-electron chi connectivity index (χ2n) is 7.89. The Hall–Kier alpha value is -3.53. The number of primary amides is 1. The maximum atomic E-state index is 14.1. The third kappa shape index (κ3) is 4.26. The summed E-state index contributed by atoms with van der Waals surface area (Å²) in [5, 5.41) is 10.9. The van der Waals surface area contributed by atoms with E-state index in [-0.39, 0.29) is 11.4 Å². The highest BCUT2D eigenvalue weighted by Crippen LogP contribution is 2.34. The number of halogens is 2. The van der Waals surface area contributed by atoms with Crippen LogP contribution < -0.4 is 21.3 Å². The number of carbonyl (C=O) groups excluding carboxylic acids is 1. The normalized spacial score (nSPS) is 15.5. The summed E-state index contributed by atoms with van der Waals surface area (Å²) in [5.74, 6) is -1.16. The van der Waals surface area contributed by atoms with Crippen molar-refractivity contribution in [2.45, 2.75) is 18.4 Å². The molecule has 1 amide bonds. The minimum Gasteiger partial charge on any atom is -0.368 e. The summed E-state index contributed by atoms with van der Waals surface area (Å²) < 4.78 is 29.2. The number of carbonyl (C=O) groups is 1. The lowest BCUT2D eigenvalue weighted by molar-refractivity contribution is 0.100. The molecule has 1 aliphatic rings. The van der Waals surface area contributed by atoms with Gasteiger partial charge in [0.05, 0.1) is 11.2 Å². The maximum Gasteiger partial charge on any atom is 0.254 e. The van der Waals surface area contributed by atoms with Gasteiger partial charge < -0.3 is 21.3 Å². The molecule has 8 nitrogen and oxygen atoms in total. The van der Waals surface area contributed by atoms with Gasteiger partial charge in [-0.3, -0.25) is 9.48 Å². The fraction of sp³-hybridized carbons (Fsp3) is 0.318. The first kappa shape index (κ1) is 21.7. The van der Waals surface area contributed by atoms with Gasteiger partial charge in [-0.15, -0.1) is 0 Å². The second kappa shape index (κ2) is 8.91. The van der Waals surface area contributed by atoms with Crippen LogP contribution in [0.15, 0.2) is 48.8 Å². The third-order valence-corrected chi connectivity index (χ3v) is 5.85. The lowest BCUT2D eigenvalue weighted by Gasteiger charge is -2.42. The van der Waals surface area contributed by atoms with Crippen LogP contribution in [0, 0.1) is 11.8 Å². The largest absolute Gasteiger partial charge is 0.368 e. The van der Waals surface area contributed by atoms with Crippen LogP contribution in [0.1, 0.15) is 23.2 Å². The van der Waals surface area contributed by atoms with Crippen LogP contribution in [0.3, 0.4) is 0 Å². The number of nitrogens with zero attached hydrogens (tertiary/aromatic N) is 4. The number of nitrogens with two attached hydrogens (primary N) is 1. The number of piperidine rings is 1. The van der Waals surface area contributed by atoms with Crippen molar-refractivity contribution in [3.8, 4) is 0 Å². The number of pyridine rings is 1. The van der Waals surface area contributed by atoms with Gasteiger partial charge in [-0.25, -0.2) is 9.37 Å². The predicted molar refractivity (Wildman–Crippen MR) is 118 cm³/mol. The van der Waals surface area contributed by atoms with Crippen LogP contribution in [0.2, 0.25) is 0 Å². The van der Waals surface area contributed by atoms with Crippen LogP contribution in [0.5, 0.6) is 0 Å². The van der Waals surface area contributed by atoms with E-state index in [0.717, 1.165) is 0 Å². The summed E-state index contributed by atoms with van der Waals surface area (Å²) in [6.07, 6.45) is 4.40. The fourth-order valence-electron chi connectivity index (χ4n) is 4.15. The molecule has 3 heterocycles. The molecule has 0 atom stereocenters. The number of nitrogens with one attached hydrogen (secondary N) is 2. The van der Waals surface area contributed by atoms with E-state index in [1.165, 1.54) is 18.3 Å². The Morgan fingerprint density at radius 2 is 1.91 bits per heavy atom. The van der Waals surface area contributed by atoms with Crippen molar-refractivity contribution < 1.29 is 13.6 Å². The lowest BCUT2D eigenvalue weighted by atomic mass is 9.87. The Morgan fingerprint density at radius 3 is 2.53 bits per heavy atom. The number of hydrogen-bond donors (Lipinski definition) is 3. The Kier molecular flexibility index (Phi) is 6.04. The average molecular weight is 441 g/mol. The number of amides is 1. The Morgan fingerprint density at radius 1 is 1.19 bits per heavy atom. The molecular formula is C22H25F2N7O. The molecule has 0 saturated carbocycles. The molecule has 32 heavy (non-hydrogen) atoms. The van der Waals surface area contributed by atoms with E-state index in [1.54, 1.807) is 35.1 Å². The quantitative estimate of drug-likeness (QED) is 0.488. The predicted octanol–water partition coefficient (Wildman–Crippen LogP) is 2.61. The van der Waals surface area contributed by atoms with Gasteiger partial charge in [-0.2, -0.15) is 9.49 Å². The lowest BCUT2D eigenvalue weighted by Crippen LogP contribution is -2.51. The van der Waals surface area contributed by atoms with Crippen molar-refractivity contribution in [2.75, 3.05) is 36.9 Å². The highest BCUT2D eigenvalue weighted by atomic mass is 19.1. The van der Waals surface area contributed by atoms with Crippen molar-refractivity contribution in [2.24, 2.45) is 5.73 Å². The summed E-state index contributed by atoms with van der Waals surface area (Å²) in [4.78, 5) is 17.8. The van der Waals surface area contributed by atoms with Gasteiger partial charge in [0.1, 0.15) is 11.4 Å². The van der Waals surface area contributed by atoms with Crippen LogP contribution >= 0.6 is 0 Å². The SMILES string of the molecule is CNCC1(n2cc(C(N)=O)c(Nc3ccc(F)cc3)n2)CCN(c2cccnc2F)CC1. The van der Waals surface area contributed by atoms with Gasteiger partial charge in [0.25, 0.3) is 5.91 Å². The number of anilines is 3. The van der Waals surface area contributed by atoms with Crippen LogP contribution in [0.25, 0.3) is 0 Å². The standard InChI is InChI=1S/C22H25F2N7O/c1-26-14-22(8-11-30(12-9-22)18-3-2-10-27-19(18)24)31-13-17(20(25)32)21(29-31)28-16-6-4-15(23)5-7-16/h2-7,10,13,26H,8-9,11-12,14H2,1H3,(H2,25,32)(H,28,29). The number of aromatic nitrogens is 3. The fourth-order valence-corrected chi connectivity index (χ4v) is 4.15. The number of rotatable bonds is 7. The Labute approximate surface area is 184 Å². The van der Waals surface area contributed by atoms with Crippen LogP contribution in [0.4, 0.5) is 26.0 Å². The van der Waals surface area contributed by atoms with Crippen LogP contribution in [-0.2, 0) is 5.54 Å². The molecule has 2 aromatic heterocycles. The van der Waals surface area contributed by atoms with Gasteiger partial charge in [0.2, 0.25) is 5.95 Å². The van der Waals surface area contributed by atoms with Crippen molar-refractivity contribution >= 4 is 23.1 Å². The van der Waals surface area contributed by atoms with Gasteiger partial charge in [0.15, 0.2) is 5.82 Å². The molecule has 0 bridgehead atoms. The van der Waals surface area contributed by atoms with E-state index in [1.807, 2.05) is 11.9 Å². The number of hydrogen-bond acceptors (Lipinski definition) is 6. The highest BCUT2D eigenvalue weighted by Gasteiger charge is 2.38. The van der Waals surface area contributed by atoms with Gasteiger partial charge in [0, 0.05) is 37.7 Å². The van der Waals surface area contributed by atoms with Gasteiger partial charge >= 0.3 is 0 Å². The minimum atomic E-state index is -0.615. The van der Waals surface area contributed by atoms with Crippen molar-refractivity contribution in [3.05, 3.63) is 66.1 Å². The first-order valence-electron chi connectivity index (χ1n) is 10.3. The molecule has 1 saturated heterocycles. The van der Waals surface area contributed by atoms with Gasteiger partial charge in [-0.1, -0.05) is 0 Å². The summed E-state index contributed by atoms with van der Waals surface area (Å²) in [7, 11) is 1.85. The van der Waals surface area contributed by atoms with E-state index >= 15 is 0 Å². The molecule has 0 unspecified atom stereocenters. The molecule has 0 aliphatic carbocycles. The average Bonchev–Trinajstić information content (AvgIpc) is 3.21. The molecule has 4 N–H and O–H groups in total. The first-order valence-corrected chi connectivity index (χ1v) is 10.3. The summed E-state index contributed by atoms with van der Waals surface area (Å²) >= 11 is 0. The highest BCUT2D eigenvalue weighted by molar-refractivity contribution is 5.98.